The van der Waals surface area contributed by atoms with Crippen LogP contribution in [0.2, 0.25) is 0 Å². The number of nitrogens with zero attached hydrogens (tertiary/aromatic N) is 5. The van der Waals surface area contributed by atoms with Crippen molar-refractivity contribution >= 4 is 5.91 Å². The summed E-state index contributed by atoms with van der Waals surface area (Å²) < 4.78 is 7.06. The first kappa shape index (κ1) is 15.4. The highest BCUT2D eigenvalue weighted by atomic mass is 16.5. The summed E-state index contributed by atoms with van der Waals surface area (Å²) in [4.78, 5) is 14.6. The van der Waals surface area contributed by atoms with E-state index in [0.717, 1.165) is 22.7 Å². The molecule has 0 spiro atoms. The zero-order valence-corrected chi connectivity index (χ0v) is 14.0. The number of carbonyl (C=O) groups excluding carboxylic acids is 1. The third kappa shape index (κ3) is 2.65. The van der Waals surface area contributed by atoms with E-state index in [4.69, 9.17) is 4.74 Å². The summed E-state index contributed by atoms with van der Waals surface area (Å²) in [5.74, 6) is 2.28. The van der Waals surface area contributed by atoms with Gasteiger partial charge in [0.1, 0.15) is 11.8 Å². The van der Waals surface area contributed by atoms with Gasteiger partial charge in [0, 0.05) is 12.7 Å². The number of H-pyrrole nitrogens is 1. The molecule has 1 aliphatic heterocycles. The smallest absolute Gasteiger partial charge is 0.246 e. The van der Waals surface area contributed by atoms with Gasteiger partial charge in [-0.15, -0.1) is 10.2 Å². The molecule has 0 unspecified atom stereocenters. The highest BCUT2D eigenvalue weighted by Crippen LogP contribution is 2.28. The fourth-order valence-electron chi connectivity index (χ4n) is 3.12. The summed E-state index contributed by atoms with van der Waals surface area (Å²) in [7, 11) is 1.63. The molecule has 0 fully saturated rings. The van der Waals surface area contributed by atoms with Crippen LogP contribution in [0.25, 0.3) is 11.4 Å². The maximum absolute atomic E-state index is 12.8. The fraction of sp³-hybridized carbons (Fsp3) is 0.294. The molecule has 4 rings (SSSR count). The number of amides is 1. The Bertz CT molecular complexity index is 885. The van der Waals surface area contributed by atoms with Crippen LogP contribution >= 0.6 is 0 Å². The Morgan fingerprint density at radius 1 is 1.28 bits per heavy atom. The van der Waals surface area contributed by atoms with E-state index in [2.05, 4.69) is 20.4 Å². The third-order valence-electron chi connectivity index (χ3n) is 4.44. The topological polar surface area (TPSA) is 88.9 Å². The van der Waals surface area contributed by atoms with Crippen LogP contribution in [-0.2, 0) is 17.9 Å². The summed E-state index contributed by atoms with van der Waals surface area (Å²) >= 11 is 0. The molecule has 2 aromatic heterocycles. The van der Waals surface area contributed by atoms with Crippen LogP contribution in [0.5, 0.6) is 5.75 Å². The number of hydrogen-bond donors (Lipinski definition) is 1. The lowest BCUT2D eigenvalue weighted by atomic mass is 10.1. The molecule has 0 aliphatic carbocycles. The minimum atomic E-state index is -0.359. The van der Waals surface area contributed by atoms with Crippen molar-refractivity contribution in [2.75, 3.05) is 7.11 Å². The van der Waals surface area contributed by atoms with E-state index in [-0.39, 0.29) is 11.9 Å². The lowest BCUT2D eigenvalue weighted by Gasteiger charge is -2.32. The lowest BCUT2D eigenvalue weighted by Crippen LogP contribution is -2.41. The first-order valence-electron chi connectivity index (χ1n) is 8.02. The summed E-state index contributed by atoms with van der Waals surface area (Å²) in [6.45, 7) is 2.83. The monoisotopic (exact) mass is 338 g/mol. The van der Waals surface area contributed by atoms with Gasteiger partial charge >= 0.3 is 0 Å². The van der Waals surface area contributed by atoms with Crippen LogP contribution in [0.1, 0.15) is 24.4 Å². The Kier molecular flexibility index (Phi) is 3.72. The van der Waals surface area contributed by atoms with E-state index < -0.39 is 0 Å². The molecule has 0 bridgehead atoms. The maximum Gasteiger partial charge on any atom is 0.246 e. The van der Waals surface area contributed by atoms with Gasteiger partial charge in [-0.3, -0.25) is 14.5 Å². The second-order valence-electron chi connectivity index (χ2n) is 6.02. The van der Waals surface area contributed by atoms with Crippen molar-refractivity contribution in [1.82, 2.24) is 29.9 Å². The minimum absolute atomic E-state index is 0.0489. The predicted octanol–water partition coefficient (Wildman–Crippen LogP) is 1.78. The van der Waals surface area contributed by atoms with Crippen molar-refractivity contribution in [3.8, 4) is 17.1 Å². The SMILES string of the molecule is COc1ccc(CN2Cc3nnc(-c4cn[nH]c4)n3[C@@H](C)C2=O)cc1. The number of rotatable bonds is 4. The molecule has 0 saturated heterocycles. The number of benzene rings is 1. The van der Waals surface area contributed by atoms with Gasteiger partial charge in [-0.25, -0.2) is 0 Å². The van der Waals surface area contributed by atoms with Gasteiger partial charge in [0.15, 0.2) is 11.6 Å². The molecule has 8 heteroatoms. The van der Waals surface area contributed by atoms with Crippen molar-refractivity contribution < 1.29 is 9.53 Å². The molecular formula is C17H18N6O2. The van der Waals surface area contributed by atoms with Crippen molar-refractivity contribution in [1.29, 1.82) is 0 Å². The largest absolute Gasteiger partial charge is 0.497 e. The van der Waals surface area contributed by atoms with Crippen molar-refractivity contribution in [2.45, 2.75) is 26.1 Å². The van der Waals surface area contributed by atoms with Crippen molar-refractivity contribution in [2.24, 2.45) is 0 Å². The number of fused-ring (bicyclic) bond motifs is 1. The number of hydrogen-bond acceptors (Lipinski definition) is 5. The normalized spacial score (nSPS) is 16.8. The highest BCUT2D eigenvalue weighted by Gasteiger charge is 2.33. The molecule has 1 atom stereocenters. The second kappa shape index (κ2) is 6.04. The van der Waals surface area contributed by atoms with Crippen LogP contribution in [-0.4, -0.2) is 42.9 Å². The standard InChI is InChI=1S/C17H18N6O2/c1-11-17(24)22(9-12-3-5-14(25-2)6-4-12)10-15-20-21-16(23(11)15)13-7-18-19-8-13/h3-8,11H,9-10H2,1-2H3,(H,18,19)/t11-/m0/s1. The quantitative estimate of drug-likeness (QED) is 0.783. The lowest BCUT2D eigenvalue weighted by molar-refractivity contribution is -0.137. The summed E-state index contributed by atoms with van der Waals surface area (Å²) in [6, 6.07) is 7.36. The first-order chi connectivity index (χ1) is 12.2. The highest BCUT2D eigenvalue weighted by molar-refractivity contribution is 5.82. The number of methoxy groups -OCH3 is 1. The molecular weight excluding hydrogens is 320 g/mol. The summed E-state index contributed by atoms with van der Waals surface area (Å²) in [5.41, 5.74) is 1.87. The maximum atomic E-state index is 12.8. The van der Waals surface area contributed by atoms with Gasteiger partial charge in [0.2, 0.25) is 5.91 Å². The van der Waals surface area contributed by atoms with Gasteiger partial charge in [0.25, 0.3) is 0 Å². The Hall–Kier alpha value is -3.16. The zero-order chi connectivity index (χ0) is 17.4. The summed E-state index contributed by atoms with van der Waals surface area (Å²) in [5, 5.41) is 15.2. The molecule has 1 N–H and O–H groups in total. The molecule has 1 amide bonds. The second-order valence-corrected chi connectivity index (χ2v) is 6.02. The average molecular weight is 338 g/mol. The Morgan fingerprint density at radius 3 is 2.76 bits per heavy atom. The van der Waals surface area contributed by atoms with Crippen molar-refractivity contribution in [3.63, 3.8) is 0 Å². The van der Waals surface area contributed by atoms with E-state index in [1.54, 1.807) is 24.4 Å². The number of aromatic nitrogens is 5. The third-order valence-corrected chi connectivity index (χ3v) is 4.44. The van der Waals surface area contributed by atoms with Gasteiger partial charge < -0.3 is 9.64 Å². The van der Waals surface area contributed by atoms with Gasteiger partial charge in [0.05, 0.1) is 25.4 Å². The van der Waals surface area contributed by atoms with Crippen molar-refractivity contribution in [3.05, 3.63) is 48.0 Å². The van der Waals surface area contributed by atoms with Gasteiger partial charge in [-0.05, 0) is 24.6 Å². The number of nitrogens with one attached hydrogen (secondary N) is 1. The Labute approximate surface area is 144 Å². The van der Waals surface area contributed by atoms with E-state index >= 15 is 0 Å². The van der Waals surface area contributed by atoms with E-state index in [0.29, 0.717) is 18.9 Å². The fourth-order valence-corrected chi connectivity index (χ4v) is 3.12. The molecule has 3 aromatic rings. The molecule has 128 valence electrons. The number of aromatic amines is 1. The molecule has 3 heterocycles. The molecule has 1 aromatic carbocycles. The van der Waals surface area contributed by atoms with E-state index in [1.165, 1.54) is 0 Å². The van der Waals surface area contributed by atoms with Gasteiger partial charge in [-0.2, -0.15) is 5.10 Å². The Balaban J connectivity index is 1.60. The van der Waals surface area contributed by atoms with Gasteiger partial charge in [-0.1, -0.05) is 12.1 Å². The molecule has 25 heavy (non-hydrogen) atoms. The van der Waals surface area contributed by atoms with Crippen LogP contribution in [0, 0.1) is 0 Å². The van der Waals surface area contributed by atoms with E-state index in [1.807, 2.05) is 35.8 Å². The van der Waals surface area contributed by atoms with E-state index in [9.17, 15) is 4.79 Å². The molecule has 8 nitrogen and oxygen atoms in total. The predicted molar refractivity (Wildman–Crippen MR) is 89.6 cm³/mol. The number of ether oxygens (including phenoxy) is 1. The number of carbonyl (C=O) groups is 1. The Morgan fingerprint density at radius 2 is 2.08 bits per heavy atom. The summed E-state index contributed by atoms with van der Waals surface area (Å²) in [6.07, 6.45) is 3.43. The average Bonchev–Trinajstić information content (AvgIpc) is 3.29. The van der Waals surface area contributed by atoms with Crippen LogP contribution in [0.4, 0.5) is 0 Å². The van der Waals surface area contributed by atoms with Crippen LogP contribution < -0.4 is 4.74 Å². The van der Waals surface area contributed by atoms with Crippen LogP contribution in [0.3, 0.4) is 0 Å². The zero-order valence-electron chi connectivity index (χ0n) is 14.0. The molecule has 1 aliphatic rings. The molecule has 0 radical (unpaired) electrons. The first-order valence-corrected chi connectivity index (χ1v) is 8.02. The minimum Gasteiger partial charge on any atom is -0.497 e. The van der Waals surface area contributed by atoms with Crippen LogP contribution in [0.15, 0.2) is 36.7 Å². The molecule has 0 saturated carbocycles.